The number of nitrogens with zero attached hydrogens (tertiary/aromatic N) is 2. The zero-order valence-electron chi connectivity index (χ0n) is 7.27. The molecule has 0 saturated carbocycles. The average molecular weight is 236 g/mol. The van der Waals surface area contributed by atoms with E-state index in [2.05, 4.69) is 21.2 Å². The molecule has 0 atom stereocenters. The molecule has 1 N–H and O–H groups in total. The van der Waals surface area contributed by atoms with Gasteiger partial charge in [0.2, 0.25) is 5.82 Å². The number of hydrogen-bond acceptors (Lipinski definition) is 3. The van der Waals surface area contributed by atoms with Gasteiger partial charge in [0.05, 0.1) is 6.54 Å². The van der Waals surface area contributed by atoms with Crippen molar-refractivity contribution >= 4 is 17.4 Å². The van der Waals surface area contributed by atoms with Crippen molar-refractivity contribution in [2.75, 3.05) is 11.9 Å². The van der Waals surface area contributed by atoms with Gasteiger partial charge in [0.25, 0.3) is 0 Å². The molecule has 1 heterocycles. The molecule has 0 aliphatic rings. The van der Waals surface area contributed by atoms with E-state index >= 15 is 0 Å². The molecule has 0 radical (unpaired) electrons. The molecule has 1 aromatic heterocycles. The average Bonchev–Trinajstić information content (AvgIpc) is 2.12. The standard InChI is InChI=1S/C8H5ClF3N3/c1-2-3-13-6-4-5(9)14-7(15-6)8(10,11)12/h1,4H,3H2,(H,13,14,15). The lowest BCUT2D eigenvalue weighted by atomic mass is 10.5. The maximum absolute atomic E-state index is 12.2. The molecule has 0 spiro atoms. The maximum Gasteiger partial charge on any atom is 0.451 e. The summed E-state index contributed by atoms with van der Waals surface area (Å²) in [5.74, 6) is 0.846. The molecule has 3 nitrogen and oxygen atoms in total. The molecule has 80 valence electrons. The van der Waals surface area contributed by atoms with Crippen LogP contribution in [0.5, 0.6) is 0 Å². The van der Waals surface area contributed by atoms with Crippen LogP contribution in [0.4, 0.5) is 19.0 Å². The predicted octanol–water partition coefficient (Wildman–Crippen LogP) is 2.19. The predicted molar refractivity (Wildman–Crippen MR) is 49.4 cm³/mol. The van der Waals surface area contributed by atoms with Crippen LogP contribution in [0.2, 0.25) is 5.15 Å². The summed E-state index contributed by atoms with van der Waals surface area (Å²) in [6.07, 6.45) is 0.300. The van der Waals surface area contributed by atoms with E-state index in [-0.39, 0.29) is 17.5 Å². The van der Waals surface area contributed by atoms with Crippen LogP contribution in [0.3, 0.4) is 0 Å². The molecule has 7 heteroatoms. The summed E-state index contributed by atoms with van der Waals surface area (Å²) in [5, 5.41) is 2.18. The van der Waals surface area contributed by atoms with Crippen LogP contribution in [0.1, 0.15) is 5.82 Å². The third-order valence-electron chi connectivity index (χ3n) is 1.32. The van der Waals surface area contributed by atoms with Crippen molar-refractivity contribution in [1.82, 2.24) is 9.97 Å². The molecule has 0 saturated heterocycles. The smallest absolute Gasteiger partial charge is 0.359 e. The number of hydrogen-bond donors (Lipinski definition) is 1. The van der Waals surface area contributed by atoms with Gasteiger partial charge in [0.1, 0.15) is 11.0 Å². The summed E-state index contributed by atoms with van der Waals surface area (Å²) in [4.78, 5) is 6.27. The van der Waals surface area contributed by atoms with Crippen molar-refractivity contribution in [3.8, 4) is 12.3 Å². The Bertz CT molecular complexity index is 397. The molecular formula is C8H5ClF3N3. The Morgan fingerprint density at radius 2 is 2.13 bits per heavy atom. The summed E-state index contributed by atoms with van der Waals surface area (Å²) < 4.78 is 36.7. The summed E-state index contributed by atoms with van der Waals surface area (Å²) in [7, 11) is 0. The van der Waals surface area contributed by atoms with E-state index in [4.69, 9.17) is 18.0 Å². The first-order valence-corrected chi connectivity index (χ1v) is 4.10. The number of aromatic nitrogens is 2. The number of terminal acetylenes is 1. The first kappa shape index (κ1) is 11.6. The van der Waals surface area contributed by atoms with E-state index in [0.717, 1.165) is 6.07 Å². The van der Waals surface area contributed by atoms with Gasteiger partial charge in [0.15, 0.2) is 0 Å². The van der Waals surface area contributed by atoms with Crippen molar-refractivity contribution in [3.63, 3.8) is 0 Å². The zero-order chi connectivity index (χ0) is 11.5. The van der Waals surface area contributed by atoms with Crippen molar-refractivity contribution in [3.05, 3.63) is 17.0 Å². The zero-order valence-corrected chi connectivity index (χ0v) is 8.02. The number of nitrogens with one attached hydrogen (secondary N) is 1. The van der Waals surface area contributed by atoms with E-state index in [9.17, 15) is 13.2 Å². The second kappa shape index (κ2) is 4.36. The van der Waals surface area contributed by atoms with E-state index in [1.165, 1.54) is 0 Å². The second-order valence-electron chi connectivity index (χ2n) is 2.45. The fourth-order valence-corrected chi connectivity index (χ4v) is 0.960. The lowest BCUT2D eigenvalue weighted by Gasteiger charge is -2.07. The third-order valence-corrected chi connectivity index (χ3v) is 1.51. The Morgan fingerprint density at radius 3 is 2.67 bits per heavy atom. The summed E-state index contributed by atoms with van der Waals surface area (Å²) >= 11 is 5.39. The maximum atomic E-state index is 12.2. The minimum Gasteiger partial charge on any atom is -0.359 e. The lowest BCUT2D eigenvalue weighted by molar-refractivity contribution is -0.144. The Balaban J connectivity index is 3.01. The molecule has 0 aromatic carbocycles. The van der Waals surface area contributed by atoms with E-state index in [1.54, 1.807) is 0 Å². The fraction of sp³-hybridized carbons (Fsp3) is 0.250. The highest BCUT2D eigenvalue weighted by Gasteiger charge is 2.35. The van der Waals surface area contributed by atoms with Crippen molar-refractivity contribution in [1.29, 1.82) is 0 Å². The van der Waals surface area contributed by atoms with Crippen LogP contribution in [0.15, 0.2) is 6.07 Å². The molecule has 15 heavy (non-hydrogen) atoms. The molecule has 1 rings (SSSR count). The highest BCUT2D eigenvalue weighted by Crippen LogP contribution is 2.28. The van der Waals surface area contributed by atoms with Gasteiger partial charge in [-0.2, -0.15) is 13.2 Å². The van der Waals surface area contributed by atoms with Crippen LogP contribution >= 0.6 is 11.6 Å². The van der Waals surface area contributed by atoms with Gasteiger partial charge in [-0.3, -0.25) is 0 Å². The highest BCUT2D eigenvalue weighted by atomic mass is 35.5. The van der Waals surface area contributed by atoms with Gasteiger partial charge < -0.3 is 5.32 Å². The SMILES string of the molecule is C#CCNc1cc(Cl)nc(C(F)(F)F)n1. The van der Waals surface area contributed by atoms with Gasteiger partial charge in [-0.15, -0.1) is 6.42 Å². The van der Waals surface area contributed by atoms with E-state index in [1.807, 2.05) is 0 Å². The van der Waals surface area contributed by atoms with Crippen LogP contribution in [-0.4, -0.2) is 16.5 Å². The molecule has 0 fully saturated rings. The second-order valence-corrected chi connectivity index (χ2v) is 2.84. The first-order chi connectivity index (χ1) is 6.93. The van der Waals surface area contributed by atoms with Gasteiger partial charge in [-0.05, 0) is 0 Å². The number of alkyl halides is 3. The van der Waals surface area contributed by atoms with E-state index < -0.39 is 12.0 Å². The van der Waals surface area contributed by atoms with Crippen LogP contribution in [-0.2, 0) is 6.18 Å². The number of anilines is 1. The minimum atomic E-state index is -4.63. The topological polar surface area (TPSA) is 37.8 Å². The largest absolute Gasteiger partial charge is 0.451 e. The summed E-state index contributed by atoms with van der Waals surface area (Å²) in [5.41, 5.74) is 0. The highest BCUT2D eigenvalue weighted by molar-refractivity contribution is 6.29. The molecular weight excluding hydrogens is 231 g/mol. The first-order valence-electron chi connectivity index (χ1n) is 3.72. The number of halogens is 4. The Morgan fingerprint density at radius 1 is 1.47 bits per heavy atom. The van der Waals surface area contributed by atoms with Gasteiger partial charge in [-0.25, -0.2) is 9.97 Å². The molecule has 0 aliphatic carbocycles. The molecule has 0 amide bonds. The minimum absolute atomic E-state index is 0.0553. The van der Waals surface area contributed by atoms with Crippen molar-refractivity contribution in [2.45, 2.75) is 6.18 Å². The molecule has 0 unspecified atom stereocenters. The third kappa shape index (κ3) is 3.29. The lowest BCUT2D eigenvalue weighted by Crippen LogP contribution is -2.13. The fourth-order valence-electron chi connectivity index (χ4n) is 0.777. The van der Waals surface area contributed by atoms with Gasteiger partial charge in [-0.1, -0.05) is 17.5 Å². The molecule has 1 aromatic rings. The van der Waals surface area contributed by atoms with Gasteiger partial charge in [0, 0.05) is 6.07 Å². The van der Waals surface area contributed by atoms with Crippen LogP contribution in [0, 0.1) is 12.3 Å². The Kier molecular flexibility index (Phi) is 3.37. The monoisotopic (exact) mass is 235 g/mol. The van der Waals surface area contributed by atoms with Crippen molar-refractivity contribution in [2.24, 2.45) is 0 Å². The normalized spacial score (nSPS) is 10.9. The Labute approximate surface area is 88.7 Å². The van der Waals surface area contributed by atoms with Crippen molar-refractivity contribution < 1.29 is 13.2 Å². The molecule has 0 bridgehead atoms. The molecule has 0 aliphatic heterocycles. The quantitative estimate of drug-likeness (QED) is 0.631. The van der Waals surface area contributed by atoms with Crippen LogP contribution < -0.4 is 5.32 Å². The summed E-state index contributed by atoms with van der Waals surface area (Å²) in [6, 6.07) is 1.16. The Hall–Kier alpha value is -1.48. The van der Waals surface area contributed by atoms with Gasteiger partial charge >= 0.3 is 6.18 Å². The van der Waals surface area contributed by atoms with Crippen LogP contribution in [0.25, 0.3) is 0 Å². The summed E-state index contributed by atoms with van der Waals surface area (Å²) in [6.45, 7) is 0.0602. The number of rotatable bonds is 2. The van der Waals surface area contributed by atoms with E-state index in [0.29, 0.717) is 0 Å².